The summed E-state index contributed by atoms with van der Waals surface area (Å²) in [7, 11) is -3.51. The maximum atomic E-state index is 13.5. The minimum Gasteiger partial charge on any atom is -0.352 e. The van der Waals surface area contributed by atoms with E-state index in [0.717, 1.165) is 42.4 Å². The summed E-state index contributed by atoms with van der Waals surface area (Å²) in [5.74, 6) is -0.292. The van der Waals surface area contributed by atoms with Crippen molar-refractivity contribution in [1.82, 2.24) is 10.2 Å². The van der Waals surface area contributed by atoms with Gasteiger partial charge in [-0.3, -0.25) is 13.9 Å². The predicted molar refractivity (Wildman–Crippen MR) is 149 cm³/mol. The monoisotopic (exact) mass is 527 g/mol. The highest BCUT2D eigenvalue weighted by Crippen LogP contribution is 2.23. The van der Waals surface area contributed by atoms with Gasteiger partial charge in [0.2, 0.25) is 21.8 Å². The fourth-order valence-electron chi connectivity index (χ4n) is 4.95. The summed E-state index contributed by atoms with van der Waals surface area (Å²) in [5, 5.41) is 3.16. The van der Waals surface area contributed by atoms with Gasteiger partial charge in [-0.15, -0.1) is 0 Å². The first kappa shape index (κ1) is 28.7. The molecule has 37 heavy (non-hydrogen) atoms. The van der Waals surface area contributed by atoms with Crippen LogP contribution in [0, 0.1) is 13.8 Å². The molecule has 0 saturated heterocycles. The summed E-state index contributed by atoms with van der Waals surface area (Å²) in [5.41, 5.74) is 3.52. The number of nitrogens with one attached hydrogen (secondary N) is 1. The van der Waals surface area contributed by atoms with E-state index in [1.165, 1.54) is 17.0 Å². The van der Waals surface area contributed by atoms with E-state index in [-0.39, 0.29) is 30.8 Å². The Morgan fingerprint density at radius 3 is 2.22 bits per heavy atom. The van der Waals surface area contributed by atoms with Gasteiger partial charge in [0.1, 0.15) is 6.04 Å². The summed E-state index contributed by atoms with van der Waals surface area (Å²) >= 11 is 0. The molecule has 1 atom stereocenters. The third kappa shape index (κ3) is 8.06. The highest BCUT2D eigenvalue weighted by atomic mass is 32.2. The molecule has 2 aromatic carbocycles. The van der Waals surface area contributed by atoms with Crippen LogP contribution in [-0.4, -0.2) is 50.0 Å². The smallest absolute Gasteiger partial charge is 0.242 e. The number of amides is 2. The minimum absolute atomic E-state index is 0.133. The lowest BCUT2D eigenvalue weighted by Gasteiger charge is -2.32. The molecule has 1 aliphatic rings. The number of nitrogens with zero attached hydrogens (tertiary/aromatic N) is 2. The van der Waals surface area contributed by atoms with Gasteiger partial charge >= 0.3 is 0 Å². The zero-order valence-electron chi connectivity index (χ0n) is 22.6. The van der Waals surface area contributed by atoms with Crippen molar-refractivity contribution in [3.05, 3.63) is 65.2 Å². The molecule has 0 aromatic heterocycles. The standard InChI is InChI=1S/C29H41N3O4S/c1-22-13-8-10-15-25(22)21-31(24(3)29(34)30-26-16-6-5-7-17-26)28(33)19-12-20-32(37(4,35)36)27-18-11-9-14-23(27)2/h8-11,13-15,18,24,26H,5-7,12,16-17,19-21H2,1-4H3,(H,30,34)/t24-/m0/s1. The molecule has 0 bridgehead atoms. The van der Waals surface area contributed by atoms with Crippen LogP contribution < -0.4 is 9.62 Å². The molecule has 0 spiro atoms. The van der Waals surface area contributed by atoms with Crippen molar-refractivity contribution in [2.45, 2.75) is 84.3 Å². The van der Waals surface area contributed by atoms with Crippen LogP contribution in [0.1, 0.15) is 68.6 Å². The Bertz CT molecular complexity index is 1180. The maximum Gasteiger partial charge on any atom is 0.242 e. The number of carbonyl (C=O) groups is 2. The van der Waals surface area contributed by atoms with Crippen LogP contribution in [-0.2, 0) is 26.2 Å². The average Bonchev–Trinajstić information content (AvgIpc) is 2.86. The Labute approximate surface area is 222 Å². The Morgan fingerprint density at radius 1 is 0.973 bits per heavy atom. The van der Waals surface area contributed by atoms with Crippen LogP contribution >= 0.6 is 0 Å². The molecule has 0 aliphatic heterocycles. The number of rotatable bonds is 11. The fourth-order valence-corrected chi connectivity index (χ4v) is 5.97. The van der Waals surface area contributed by atoms with Crippen LogP contribution in [0.2, 0.25) is 0 Å². The summed E-state index contributed by atoms with van der Waals surface area (Å²) in [6.07, 6.45) is 7.06. The molecule has 0 unspecified atom stereocenters. The Hall–Kier alpha value is -2.87. The first-order valence-corrected chi connectivity index (χ1v) is 15.1. The van der Waals surface area contributed by atoms with Gasteiger partial charge in [0, 0.05) is 25.6 Å². The van der Waals surface area contributed by atoms with Crippen molar-refractivity contribution >= 4 is 27.5 Å². The van der Waals surface area contributed by atoms with Gasteiger partial charge in [-0.2, -0.15) is 0 Å². The number of carbonyl (C=O) groups excluding carboxylic acids is 2. The maximum absolute atomic E-state index is 13.5. The molecular weight excluding hydrogens is 486 g/mol. The van der Waals surface area contributed by atoms with Gasteiger partial charge in [-0.25, -0.2) is 8.42 Å². The quantitative estimate of drug-likeness (QED) is 0.458. The van der Waals surface area contributed by atoms with Crippen molar-refractivity contribution in [2.75, 3.05) is 17.1 Å². The highest BCUT2D eigenvalue weighted by molar-refractivity contribution is 7.92. The lowest BCUT2D eigenvalue weighted by atomic mass is 9.95. The highest BCUT2D eigenvalue weighted by Gasteiger charge is 2.28. The van der Waals surface area contributed by atoms with Crippen LogP contribution in [0.15, 0.2) is 48.5 Å². The number of aryl methyl sites for hydroxylation is 2. The van der Waals surface area contributed by atoms with Crippen LogP contribution in [0.3, 0.4) is 0 Å². The third-order valence-corrected chi connectivity index (χ3v) is 8.44. The molecule has 1 aliphatic carbocycles. The molecule has 7 nitrogen and oxygen atoms in total. The molecule has 1 N–H and O–H groups in total. The van der Waals surface area contributed by atoms with Gasteiger partial charge in [-0.05, 0) is 62.8 Å². The summed E-state index contributed by atoms with van der Waals surface area (Å²) in [6, 6.07) is 14.7. The van der Waals surface area contributed by atoms with Gasteiger partial charge in [0.05, 0.1) is 11.9 Å². The second kappa shape index (κ2) is 13.1. The van der Waals surface area contributed by atoms with Gasteiger partial charge in [0.15, 0.2) is 0 Å². The number of hydrogen-bond acceptors (Lipinski definition) is 4. The van der Waals surface area contributed by atoms with Crippen molar-refractivity contribution in [3.8, 4) is 0 Å². The van der Waals surface area contributed by atoms with E-state index in [9.17, 15) is 18.0 Å². The van der Waals surface area contributed by atoms with Crippen molar-refractivity contribution in [1.29, 1.82) is 0 Å². The molecule has 1 fully saturated rings. The summed E-state index contributed by atoms with van der Waals surface area (Å²) in [4.78, 5) is 28.3. The summed E-state index contributed by atoms with van der Waals surface area (Å²) < 4.78 is 26.4. The van der Waals surface area contributed by atoms with E-state index in [2.05, 4.69) is 5.32 Å². The molecular formula is C29H41N3O4S. The van der Waals surface area contributed by atoms with Crippen molar-refractivity contribution in [2.24, 2.45) is 0 Å². The molecule has 2 aromatic rings. The second-order valence-electron chi connectivity index (χ2n) is 10.2. The molecule has 0 radical (unpaired) electrons. The van der Waals surface area contributed by atoms with E-state index < -0.39 is 16.1 Å². The lowest BCUT2D eigenvalue weighted by Crippen LogP contribution is -2.50. The molecule has 3 rings (SSSR count). The van der Waals surface area contributed by atoms with Gasteiger partial charge in [-0.1, -0.05) is 61.7 Å². The van der Waals surface area contributed by atoms with E-state index >= 15 is 0 Å². The Balaban J connectivity index is 1.73. The summed E-state index contributed by atoms with van der Waals surface area (Å²) in [6.45, 7) is 6.17. The van der Waals surface area contributed by atoms with Crippen molar-refractivity contribution < 1.29 is 18.0 Å². The number of benzene rings is 2. The second-order valence-corrected chi connectivity index (χ2v) is 12.1. The third-order valence-electron chi connectivity index (χ3n) is 7.26. The van der Waals surface area contributed by atoms with E-state index in [1.54, 1.807) is 17.9 Å². The van der Waals surface area contributed by atoms with E-state index in [1.807, 2.05) is 56.3 Å². The largest absolute Gasteiger partial charge is 0.352 e. The molecule has 2 amide bonds. The molecule has 8 heteroatoms. The SMILES string of the molecule is Cc1ccccc1CN(C(=O)CCCN(c1ccccc1C)S(C)(=O)=O)[C@@H](C)C(=O)NC1CCCCC1. The Morgan fingerprint density at radius 2 is 1.59 bits per heavy atom. The van der Waals surface area contributed by atoms with Crippen molar-refractivity contribution in [3.63, 3.8) is 0 Å². The lowest BCUT2D eigenvalue weighted by molar-refractivity contribution is -0.141. The topological polar surface area (TPSA) is 86.8 Å². The average molecular weight is 528 g/mol. The zero-order chi connectivity index (χ0) is 27.0. The molecule has 0 heterocycles. The van der Waals surface area contributed by atoms with E-state index in [0.29, 0.717) is 18.7 Å². The molecule has 1 saturated carbocycles. The molecule has 202 valence electrons. The number of hydrogen-bond donors (Lipinski definition) is 1. The minimum atomic E-state index is -3.51. The van der Waals surface area contributed by atoms with Crippen LogP contribution in [0.4, 0.5) is 5.69 Å². The Kier molecular flexibility index (Phi) is 10.1. The fraction of sp³-hybridized carbons (Fsp3) is 0.517. The first-order valence-electron chi connectivity index (χ1n) is 13.3. The van der Waals surface area contributed by atoms with Crippen LogP contribution in [0.5, 0.6) is 0 Å². The van der Waals surface area contributed by atoms with E-state index in [4.69, 9.17) is 0 Å². The number of sulfonamides is 1. The predicted octanol–water partition coefficient (Wildman–Crippen LogP) is 4.72. The zero-order valence-corrected chi connectivity index (χ0v) is 23.4. The van der Waals surface area contributed by atoms with Gasteiger partial charge in [0.25, 0.3) is 0 Å². The normalized spacial score (nSPS) is 15.1. The van der Waals surface area contributed by atoms with Gasteiger partial charge < -0.3 is 10.2 Å². The number of anilines is 1. The number of para-hydroxylation sites is 1. The first-order chi connectivity index (χ1) is 17.6. The van der Waals surface area contributed by atoms with Crippen LogP contribution in [0.25, 0.3) is 0 Å².